The summed E-state index contributed by atoms with van der Waals surface area (Å²) >= 11 is 5.80. The van der Waals surface area contributed by atoms with E-state index in [1.54, 1.807) is 25.1 Å². The number of fused-ring (bicyclic) bond motifs is 1. The minimum absolute atomic E-state index is 0.191. The summed E-state index contributed by atoms with van der Waals surface area (Å²) in [6.45, 7) is 1.96. The molecule has 0 unspecified atom stereocenters. The van der Waals surface area contributed by atoms with Gasteiger partial charge in [-0.1, -0.05) is 17.7 Å². The first-order valence-electron chi connectivity index (χ1n) is 8.43. The number of benzene rings is 2. The maximum atomic E-state index is 14.2. The van der Waals surface area contributed by atoms with Crippen LogP contribution in [0.15, 0.2) is 36.4 Å². The molecule has 0 aliphatic heterocycles. The van der Waals surface area contributed by atoms with Crippen molar-refractivity contribution in [2.24, 2.45) is 0 Å². The van der Waals surface area contributed by atoms with Crippen LogP contribution in [0.25, 0.3) is 5.57 Å². The Morgan fingerprint density at radius 2 is 1.96 bits per heavy atom. The second-order valence-corrected chi connectivity index (χ2v) is 6.52. The van der Waals surface area contributed by atoms with Gasteiger partial charge < -0.3 is 9.47 Å². The summed E-state index contributed by atoms with van der Waals surface area (Å²) < 4.78 is 62.7. The van der Waals surface area contributed by atoms with Crippen LogP contribution in [-0.4, -0.2) is 12.6 Å². The molecule has 0 heterocycles. The number of rotatable bonds is 4. The van der Waals surface area contributed by atoms with Crippen LogP contribution >= 0.6 is 11.6 Å². The monoisotopic (exact) mass is 414 g/mol. The van der Waals surface area contributed by atoms with Gasteiger partial charge in [0.1, 0.15) is 5.75 Å². The Bertz CT molecular complexity index is 928. The predicted molar refractivity (Wildman–Crippen MR) is 95.9 cm³/mol. The first kappa shape index (κ1) is 20.2. The van der Waals surface area contributed by atoms with E-state index in [0.29, 0.717) is 18.6 Å². The van der Waals surface area contributed by atoms with Gasteiger partial charge in [0.05, 0.1) is 17.2 Å². The highest BCUT2D eigenvalue weighted by molar-refractivity contribution is 6.32. The molecular formula is C20H15ClF4O3. The number of allylic oxidation sites excluding steroid dienone is 1. The molecule has 0 bridgehead atoms. The minimum atomic E-state index is -4.72. The number of alkyl halides is 3. The lowest BCUT2D eigenvalue weighted by molar-refractivity contribution is -0.138. The van der Waals surface area contributed by atoms with E-state index in [2.05, 4.69) is 0 Å². The number of aryl methyl sites for hydroxylation is 1. The first-order chi connectivity index (χ1) is 13.2. The van der Waals surface area contributed by atoms with E-state index < -0.39 is 34.3 Å². The normalized spacial score (nSPS) is 14.9. The summed E-state index contributed by atoms with van der Waals surface area (Å²) in [6, 6.07) is 5.87. The Morgan fingerprint density at radius 1 is 1.21 bits per heavy atom. The number of hydrogen-bond donors (Lipinski definition) is 0. The van der Waals surface area contributed by atoms with E-state index in [1.807, 2.05) is 0 Å². The van der Waals surface area contributed by atoms with Crippen molar-refractivity contribution in [2.75, 3.05) is 6.61 Å². The van der Waals surface area contributed by atoms with E-state index in [-0.39, 0.29) is 12.4 Å². The standard InChI is InChI=1S/C20H15ClF4O3/c1-2-27-18(26)7-12-4-3-11-5-6-14(10-15(11)12)28-19-16(21)8-13(9-17(19)22)20(23,24)25/h5-10H,2-4H2,1H3/b12-7+. The van der Waals surface area contributed by atoms with Crippen LogP contribution < -0.4 is 4.74 Å². The quantitative estimate of drug-likeness (QED) is 0.340. The molecule has 0 N–H and O–H groups in total. The maximum absolute atomic E-state index is 14.2. The molecule has 0 atom stereocenters. The predicted octanol–water partition coefficient (Wildman–Crippen LogP) is 6.18. The van der Waals surface area contributed by atoms with Crippen LogP contribution in [0.2, 0.25) is 5.02 Å². The molecule has 3 nitrogen and oxygen atoms in total. The lowest BCUT2D eigenvalue weighted by Gasteiger charge is -2.13. The molecule has 148 valence electrons. The molecule has 0 spiro atoms. The van der Waals surface area contributed by atoms with Crippen LogP contribution in [0.4, 0.5) is 17.6 Å². The van der Waals surface area contributed by atoms with Crippen LogP contribution in [0.1, 0.15) is 30.0 Å². The third kappa shape index (κ3) is 4.30. The molecule has 0 aromatic heterocycles. The van der Waals surface area contributed by atoms with Crippen molar-refractivity contribution in [3.05, 3.63) is 63.9 Å². The fourth-order valence-corrected chi connectivity index (χ4v) is 3.20. The Balaban J connectivity index is 1.90. The fourth-order valence-electron chi connectivity index (χ4n) is 2.96. The first-order valence-corrected chi connectivity index (χ1v) is 8.81. The largest absolute Gasteiger partial charge is 0.463 e. The van der Waals surface area contributed by atoms with Gasteiger partial charge in [0.25, 0.3) is 0 Å². The molecule has 0 saturated heterocycles. The van der Waals surface area contributed by atoms with Crippen LogP contribution in [0, 0.1) is 5.82 Å². The van der Waals surface area contributed by atoms with Crippen molar-refractivity contribution >= 4 is 23.1 Å². The Morgan fingerprint density at radius 3 is 2.61 bits per heavy atom. The minimum Gasteiger partial charge on any atom is -0.463 e. The molecule has 8 heteroatoms. The summed E-state index contributed by atoms with van der Waals surface area (Å²) in [5, 5.41) is -0.491. The van der Waals surface area contributed by atoms with Crippen molar-refractivity contribution in [3.8, 4) is 11.5 Å². The molecule has 0 amide bonds. The van der Waals surface area contributed by atoms with Crippen molar-refractivity contribution < 1.29 is 31.8 Å². The van der Waals surface area contributed by atoms with E-state index in [1.165, 1.54) is 6.08 Å². The zero-order valence-corrected chi connectivity index (χ0v) is 15.5. The van der Waals surface area contributed by atoms with E-state index in [4.69, 9.17) is 21.1 Å². The highest BCUT2D eigenvalue weighted by atomic mass is 35.5. The van der Waals surface area contributed by atoms with Crippen molar-refractivity contribution in [1.82, 2.24) is 0 Å². The van der Waals surface area contributed by atoms with Gasteiger partial charge in [-0.05, 0) is 60.7 Å². The summed E-state index contributed by atoms with van der Waals surface area (Å²) in [7, 11) is 0. The second kappa shape index (κ2) is 7.83. The van der Waals surface area contributed by atoms with Gasteiger partial charge in [0.15, 0.2) is 11.6 Å². The molecule has 2 aromatic carbocycles. The molecule has 1 aliphatic carbocycles. The lowest BCUT2D eigenvalue weighted by Crippen LogP contribution is -2.06. The van der Waals surface area contributed by atoms with Crippen molar-refractivity contribution in [1.29, 1.82) is 0 Å². The zero-order chi connectivity index (χ0) is 20.5. The van der Waals surface area contributed by atoms with Gasteiger partial charge in [-0.2, -0.15) is 13.2 Å². The molecule has 0 radical (unpaired) electrons. The molecule has 1 aliphatic rings. The second-order valence-electron chi connectivity index (χ2n) is 6.11. The number of esters is 1. The van der Waals surface area contributed by atoms with Crippen molar-refractivity contribution in [2.45, 2.75) is 25.9 Å². The van der Waals surface area contributed by atoms with E-state index >= 15 is 0 Å². The number of carbonyl (C=O) groups is 1. The van der Waals surface area contributed by atoms with Gasteiger partial charge in [-0.25, -0.2) is 9.18 Å². The fraction of sp³-hybridized carbons (Fsp3) is 0.250. The number of ether oxygens (including phenoxy) is 2. The summed E-state index contributed by atoms with van der Waals surface area (Å²) in [5.74, 6) is -1.99. The molecule has 2 aromatic rings. The molecule has 3 rings (SSSR count). The summed E-state index contributed by atoms with van der Waals surface area (Å²) in [6.07, 6.45) is -1.97. The Labute approximate surface area is 163 Å². The van der Waals surface area contributed by atoms with Gasteiger partial charge in [0.2, 0.25) is 0 Å². The Kier molecular flexibility index (Phi) is 5.65. The van der Waals surface area contributed by atoms with E-state index in [0.717, 1.165) is 23.1 Å². The zero-order valence-electron chi connectivity index (χ0n) is 14.7. The van der Waals surface area contributed by atoms with Gasteiger partial charge in [0, 0.05) is 6.08 Å². The third-order valence-corrected chi connectivity index (χ3v) is 4.50. The average Bonchev–Trinajstić information content (AvgIpc) is 2.99. The highest BCUT2D eigenvalue weighted by Gasteiger charge is 2.32. The Hall–Kier alpha value is -2.54. The maximum Gasteiger partial charge on any atom is 0.416 e. The van der Waals surface area contributed by atoms with Crippen LogP contribution in [0.3, 0.4) is 0 Å². The van der Waals surface area contributed by atoms with Crippen LogP contribution in [-0.2, 0) is 22.1 Å². The topological polar surface area (TPSA) is 35.5 Å². The molecular weight excluding hydrogens is 400 g/mol. The van der Waals surface area contributed by atoms with Gasteiger partial charge in [-0.3, -0.25) is 0 Å². The number of hydrogen-bond acceptors (Lipinski definition) is 3. The van der Waals surface area contributed by atoms with Crippen LogP contribution in [0.5, 0.6) is 11.5 Å². The van der Waals surface area contributed by atoms with Gasteiger partial charge >= 0.3 is 12.1 Å². The lowest BCUT2D eigenvalue weighted by atomic mass is 10.1. The SMILES string of the molecule is CCOC(=O)/C=C1\CCc2ccc(Oc3c(F)cc(C(F)(F)F)cc3Cl)cc21. The van der Waals surface area contributed by atoms with Gasteiger partial charge in [-0.15, -0.1) is 0 Å². The molecule has 0 saturated carbocycles. The number of carbonyl (C=O) groups excluding carboxylic acids is 1. The average molecular weight is 415 g/mol. The molecule has 28 heavy (non-hydrogen) atoms. The highest BCUT2D eigenvalue weighted by Crippen LogP contribution is 2.40. The van der Waals surface area contributed by atoms with Crippen molar-refractivity contribution in [3.63, 3.8) is 0 Å². The number of halogens is 5. The van der Waals surface area contributed by atoms with E-state index in [9.17, 15) is 22.4 Å². The summed E-state index contributed by atoms with van der Waals surface area (Å²) in [4.78, 5) is 11.7. The molecule has 0 fully saturated rings. The summed E-state index contributed by atoms with van der Waals surface area (Å²) in [5.41, 5.74) is 1.27. The third-order valence-electron chi connectivity index (χ3n) is 4.22. The smallest absolute Gasteiger partial charge is 0.416 e.